The SMILES string of the molecule is C=C(/C=C\C=C(/C)c1cccc2c1sc1ccc3ccccc3c12)c1ccc2oc3nc4c5ccccc5c5ccccc5c4nc3c2c1. The molecule has 0 atom stereocenters. The van der Waals surface area contributed by atoms with Gasteiger partial charge in [-0.15, -0.1) is 11.3 Å². The highest BCUT2D eigenvalue weighted by Crippen LogP contribution is 2.42. The van der Waals surface area contributed by atoms with Gasteiger partial charge in [0.1, 0.15) is 16.6 Å². The summed E-state index contributed by atoms with van der Waals surface area (Å²) in [6.07, 6.45) is 6.36. The van der Waals surface area contributed by atoms with Crippen molar-refractivity contribution in [3.05, 3.63) is 157 Å². The summed E-state index contributed by atoms with van der Waals surface area (Å²) in [5.41, 5.74) is 8.22. The lowest BCUT2D eigenvalue weighted by molar-refractivity contribution is 0.655. The van der Waals surface area contributed by atoms with Gasteiger partial charge in [-0.1, -0.05) is 128 Å². The highest BCUT2D eigenvalue weighted by Gasteiger charge is 2.17. The van der Waals surface area contributed by atoms with Gasteiger partial charge in [0.15, 0.2) is 0 Å². The molecule has 0 radical (unpaired) electrons. The Morgan fingerprint density at radius 1 is 0.653 bits per heavy atom. The summed E-state index contributed by atoms with van der Waals surface area (Å²) in [7, 11) is 0. The summed E-state index contributed by atoms with van der Waals surface area (Å²) in [4.78, 5) is 10.3. The molecule has 0 unspecified atom stereocenters. The van der Waals surface area contributed by atoms with Gasteiger partial charge in [-0.2, -0.15) is 0 Å². The standard InChI is InChI=1S/C45H28N2OS/c1-26(11-9-12-27(2)30-19-10-20-36-40-31-14-4-3-13-28(31)22-24-39(40)49-44(30)36)29-21-23-38-37(25-29)43-45(48-38)47-42-35-18-8-6-16-33(35)32-15-5-7-17-34(32)41(42)46-43/h3-25H,1H2,2H3/b11-9-,27-12+. The van der Waals surface area contributed by atoms with Crippen molar-refractivity contribution in [3.63, 3.8) is 0 Å². The topological polar surface area (TPSA) is 38.9 Å². The summed E-state index contributed by atoms with van der Waals surface area (Å²) >= 11 is 1.87. The minimum Gasteiger partial charge on any atom is -0.436 e. The molecule has 0 aliphatic heterocycles. The van der Waals surface area contributed by atoms with E-state index in [4.69, 9.17) is 14.4 Å². The smallest absolute Gasteiger partial charge is 0.246 e. The molecule has 0 saturated carbocycles. The maximum Gasteiger partial charge on any atom is 0.246 e. The van der Waals surface area contributed by atoms with Crippen LogP contribution < -0.4 is 0 Å². The van der Waals surface area contributed by atoms with E-state index >= 15 is 0 Å². The van der Waals surface area contributed by atoms with E-state index in [0.29, 0.717) is 5.71 Å². The third-order valence-electron chi connectivity index (χ3n) is 9.79. The summed E-state index contributed by atoms with van der Waals surface area (Å²) in [6, 6.07) is 42.8. The molecule has 4 heteroatoms. The van der Waals surface area contributed by atoms with E-state index in [1.807, 2.05) is 17.4 Å². The first-order valence-corrected chi connectivity index (χ1v) is 17.2. The monoisotopic (exact) mass is 644 g/mol. The van der Waals surface area contributed by atoms with Gasteiger partial charge in [-0.3, -0.25) is 0 Å². The van der Waals surface area contributed by atoms with E-state index in [2.05, 4.69) is 147 Å². The van der Waals surface area contributed by atoms with E-state index in [0.717, 1.165) is 49.4 Å². The van der Waals surface area contributed by atoms with Crippen LogP contribution in [0.5, 0.6) is 0 Å². The molecule has 0 aliphatic carbocycles. The molecule has 0 N–H and O–H groups in total. The second-order valence-electron chi connectivity index (χ2n) is 12.7. The normalized spacial score (nSPS) is 12.7. The number of aromatic nitrogens is 2. The lowest BCUT2D eigenvalue weighted by Crippen LogP contribution is -1.89. The van der Waals surface area contributed by atoms with Gasteiger partial charge in [0.05, 0.1) is 5.52 Å². The maximum atomic E-state index is 6.27. The van der Waals surface area contributed by atoms with Crippen LogP contribution in [0, 0.1) is 0 Å². The van der Waals surface area contributed by atoms with Crippen LogP contribution >= 0.6 is 11.3 Å². The molecule has 10 aromatic rings. The average Bonchev–Trinajstić information content (AvgIpc) is 3.72. The fraction of sp³-hybridized carbons (Fsp3) is 0.0222. The highest BCUT2D eigenvalue weighted by atomic mass is 32.1. The molecule has 10 rings (SSSR count). The molecular weight excluding hydrogens is 617 g/mol. The number of thiophene rings is 1. The molecule has 0 bridgehead atoms. The van der Waals surface area contributed by atoms with Crippen molar-refractivity contribution >= 4 is 108 Å². The van der Waals surface area contributed by atoms with Crippen LogP contribution in [0.4, 0.5) is 0 Å². The Balaban J connectivity index is 1.02. The van der Waals surface area contributed by atoms with Crippen molar-refractivity contribution in [3.8, 4) is 0 Å². The van der Waals surface area contributed by atoms with Crippen molar-refractivity contribution in [1.29, 1.82) is 0 Å². The predicted octanol–water partition coefficient (Wildman–Crippen LogP) is 13.0. The lowest BCUT2D eigenvalue weighted by atomic mass is 9.99. The number of hydrogen-bond donors (Lipinski definition) is 0. The molecule has 3 nitrogen and oxygen atoms in total. The number of allylic oxidation sites excluding steroid dienone is 5. The van der Waals surface area contributed by atoms with Gasteiger partial charge >= 0.3 is 0 Å². The molecule has 7 aromatic carbocycles. The van der Waals surface area contributed by atoms with Crippen LogP contribution in [0.15, 0.2) is 151 Å². The van der Waals surface area contributed by atoms with Gasteiger partial charge in [-0.05, 0) is 68.9 Å². The Morgan fingerprint density at radius 2 is 1.35 bits per heavy atom. The fourth-order valence-electron chi connectivity index (χ4n) is 7.37. The molecule has 0 saturated heterocycles. The van der Waals surface area contributed by atoms with E-state index in [9.17, 15) is 0 Å². The van der Waals surface area contributed by atoms with Crippen LogP contribution in [-0.4, -0.2) is 9.97 Å². The second-order valence-corrected chi connectivity index (χ2v) is 13.7. The zero-order valence-corrected chi connectivity index (χ0v) is 27.5. The third kappa shape index (κ3) is 4.28. The molecule has 0 spiro atoms. The van der Waals surface area contributed by atoms with Crippen molar-refractivity contribution < 1.29 is 4.42 Å². The summed E-state index contributed by atoms with van der Waals surface area (Å²) < 4.78 is 8.91. The Bertz CT molecular complexity index is 3080. The quantitative estimate of drug-likeness (QED) is 0.141. The van der Waals surface area contributed by atoms with Crippen LogP contribution in [-0.2, 0) is 0 Å². The summed E-state index contributed by atoms with van der Waals surface area (Å²) in [6.45, 7) is 6.60. The Labute approximate surface area is 285 Å². The second kappa shape index (κ2) is 10.7. The fourth-order valence-corrected chi connectivity index (χ4v) is 8.67. The minimum absolute atomic E-state index is 0.545. The van der Waals surface area contributed by atoms with E-state index < -0.39 is 0 Å². The molecule has 3 heterocycles. The average molecular weight is 645 g/mol. The summed E-state index contributed by atoms with van der Waals surface area (Å²) in [5.74, 6) is 0. The maximum absolute atomic E-state index is 6.27. The first kappa shape index (κ1) is 28.0. The zero-order valence-electron chi connectivity index (χ0n) is 26.7. The van der Waals surface area contributed by atoms with E-state index in [1.165, 1.54) is 52.9 Å². The Hall–Kier alpha value is -6.10. The van der Waals surface area contributed by atoms with Crippen molar-refractivity contribution in [2.45, 2.75) is 6.92 Å². The molecule has 0 amide bonds. The lowest BCUT2D eigenvalue weighted by Gasteiger charge is -2.08. The number of nitrogens with zero attached hydrogens (tertiary/aromatic N) is 2. The molecule has 230 valence electrons. The number of benzene rings is 7. The minimum atomic E-state index is 0.545. The number of hydrogen-bond acceptors (Lipinski definition) is 4. The van der Waals surface area contributed by atoms with Gasteiger partial charge in [-0.25, -0.2) is 9.97 Å². The zero-order chi connectivity index (χ0) is 32.6. The first-order valence-electron chi connectivity index (χ1n) is 16.4. The third-order valence-corrected chi connectivity index (χ3v) is 11.0. The first-order chi connectivity index (χ1) is 24.1. The molecule has 3 aromatic heterocycles. The van der Waals surface area contributed by atoms with Crippen LogP contribution in [0.1, 0.15) is 18.1 Å². The van der Waals surface area contributed by atoms with Gasteiger partial charge < -0.3 is 4.42 Å². The van der Waals surface area contributed by atoms with E-state index in [-0.39, 0.29) is 0 Å². The highest BCUT2D eigenvalue weighted by molar-refractivity contribution is 7.26. The molecule has 0 aliphatic rings. The number of rotatable bonds is 4. The van der Waals surface area contributed by atoms with E-state index in [1.54, 1.807) is 0 Å². The van der Waals surface area contributed by atoms with Gasteiger partial charge in [0.2, 0.25) is 5.71 Å². The van der Waals surface area contributed by atoms with Gasteiger partial charge in [0, 0.05) is 36.3 Å². The Morgan fingerprint density at radius 3 is 2.14 bits per heavy atom. The van der Waals surface area contributed by atoms with Crippen molar-refractivity contribution in [1.82, 2.24) is 9.97 Å². The van der Waals surface area contributed by atoms with Crippen LogP contribution in [0.2, 0.25) is 0 Å². The largest absolute Gasteiger partial charge is 0.436 e. The van der Waals surface area contributed by atoms with Crippen LogP contribution in [0.3, 0.4) is 0 Å². The summed E-state index contributed by atoms with van der Waals surface area (Å²) in [5, 5.41) is 10.7. The number of furan rings is 1. The predicted molar refractivity (Wildman–Crippen MR) is 210 cm³/mol. The van der Waals surface area contributed by atoms with Gasteiger partial charge in [0.25, 0.3) is 0 Å². The van der Waals surface area contributed by atoms with Crippen molar-refractivity contribution in [2.75, 3.05) is 0 Å². The molecular formula is C45H28N2OS. The van der Waals surface area contributed by atoms with Crippen LogP contribution in [0.25, 0.3) is 96.9 Å². The number of fused-ring (bicyclic) bond motifs is 14. The van der Waals surface area contributed by atoms with Crippen molar-refractivity contribution in [2.24, 2.45) is 0 Å². The Kier molecular flexibility index (Phi) is 6.11. The molecule has 0 fully saturated rings. The molecule has 49 heavy (non-hydrogen) atoms.